The second kappa shape index (κ2) is 6.81. The van der Waals surface area contributed by atoms with Crippen molar-refractivity contribution in [3.8, 4) is 0 Å². The monoisotopic (exact) mass is 315 g/mol. The zero-order valence-electron chi connectivity index (χ0n) is 12.9. The normalized spacial score (nSPS) is 21.7. The summed E-state index contributed by atoms with van der Waals surface area (Å²) in [7, 11) is 0. The summed E-state index contributed by atoms with van der Waals surface area (Å²) in [5.74, 6) is -0.889. The minimum absolute atomic E-state index is 0.0396. The highest BCUT2D eigenvalue weighted by Crippen LogP contribution is 2.20. The van der Waals surface area contributed by atoms with Gasteiger partial charge in [0.2, 0.25) is 11.8 Å². The summed E-state index contributed by atoms with van der Waals surface area (Å²) in [5, 5.41) is 8.32. The molecule has 122 valence electrons. The number of anilines is 1. The third-order valence-electron chi connectivity index (χ3n) is 4.41. The molecule has 3 rings (SSSR count). The van der Waals surface area contributed by atoms with Crippen molar-refractivity contribution < 1.29 is 14.4 Å². The van der Waals surface area contributed by atoms with Gasteiger partial charge in [-0.25, -0.2) is 0 Å². The van der Waals surface area contributed by atoms with Crippen LogP contribution in [0.1, 0.15) is 48.9 Å². The van der Waals surface area contributed by atoms with Gasteiger partial charge in [0.1, 0.15) is 6.04 Å². The van der Waals surface area contributed by atoms with Crippen molar-refractivity contribution in [2.45, 2.75) is 50.6 Å². The number of amides is 3. The van der Waals surface area contributed by atoms with Crippen LogP contribution < -0.4 is 16.0 Å². The lowest BCUT2D eigenvalue weighted by atomic mass is 9.95. The lowest BCUT2D eigenvalue weighted by molar-refractivity contribution is -0.126. The molecule has 1 heterocycles. The van der Waals surface area contributed by atoms with Gasteiger partial charge in [0.15, 0.2) is 0 Å². The van der Waals surface area contributed by atoms with E-state index < -0.39 is 6.04 Å². The largest absolute Gasteiger partial charge is 0.353 e. The summed E-state index contributed by atoms with van der Waals surface area (Å²) >= 11 is 0. The third-order valence-corrected chi connectivity index (χ3v) is 4.41. The van der Waals surface area contributed by atoms with Gasteiger partial charge < -0.3 is 16.0 Å². The van der Waals surface area contributed by atoms with Crippen LogP contribution in [0.15, 0.2) is 24.3 Å². The van der Waals surface area contributed by atoms with E-state index in [-0.39, 0.29) is 30.2 Å². The van der Waals surface area contributed by atoms with Gasteiger partial charge in [0.25, 0.3) is 5.91 Å². The summed E-state index contributed by atoms with van der Waals surface area (Å²) in [4.78, 5) is 36.6. The number of benzene rings is 1. The van der Waals surface area contributed by atoms with Crippen LogP contribution in [0.3, 0.4) is 0 Å². The number of para-hydroxylation sites is 1. The Kier molecular flexibility index (Phi) is 4.60. The van der Waals surface area contributed by atoms with E-state index in [4.69, 9.17) is 0 Å². The van der Waals surface area contributed by atoms with Crippen molar-refractivity contribution in [3.05, 3.63) is 29.8 Å². The molecule has 1 aliphatic heterocycles. The summed E-state index contributed by atoms with van der Waals surface area (Å²) in [5.41, 5.74) is 0.890. The highest BCUT2D eigenvalue weighted by atomic mass is 16.2. The van der Waals surface area contributed by atoms with Crippen molar-refractivity contribution in [1.82, 2.24) is 10.6 Å². The van der Waals surface area contributed by atoms with Crippen LogP contribution in [-0.4, -0.2) is 29.8 Å². The molecule has 23 heavy (non-hydrogen) atoms. The van der Waals surface area contributed by atoms with Gasteiger partial charge in [-0.15, -0.1) is 0 Å². The fourth-order valence-electron chi connectivity index (χ4n) is 3.17. The minimum Gasteiger partial charge on any atom is -0.353 e. The molecule has 3 amide bonds. The zero-order valence-corrected chi connectivity index (χ0v) is 12.9. The highest BCUT2D eigenvalue weighted by molar-refractivity contribution is 6.10. The van der Waals surface area contributed by atoms with Crippen LogP contribution in [0.25, 0.3) is 0 Å². The maximum Gasteiger partial charge on any atom is 0.254 e. The SMILES string of the molecule is O=C(CC1NC(=O)c2ccccc2NC1=O)NC1CCCCC1. The van der Waals surface area contributed by atoms with E-state index in [2.05, 4.69) is 16.0 Å². The Bertz CT molecular complexity index is 623. The predicted molar refractivity (Wildman–Crippen MR) is 86.0 cm³/mol. The van der Waals surface area contributed by atoms with Crippen molar-refractivity contribution in [2.75, 3.05) is 5.32 Å². The fraction of sp³-hybridized carbons (Fsp3) is 0.471. The van der Waals surface area contributed by atoms with Gasteiger partial charge in [0, 0.05) is 6.04 Å². The summed E-state index contributed by atoms with van der Waals surface area (Å²) in [6.45, 7) is 0. The van der Waals surface area contributed by atoms with E-state index in [0.717, 1.165) is 25.7 Å². The molecule has 1 aromatic carbocycles. The maximum atomic E-state index is 12.2. The Morgan fingerprint density at radius 1 is 1.13 bits per heavy atom. The van der Waals surface area contributed by atoms with Gasteiger partial charge in [0.05, 0.1) is 17.7 Å². The molecule has 1 fully saturated rings. The molecule has 1 unspecified atom stereocenters. The molecular formula is C17H21N3O3. The van der Waals surface area contributed by atoms with Crippen molar-refractivity contribution in [3.63, 3.8) is 0 Å². The molecule has 6 heteroatoms. The van der Waals surface area contributed by atoms with E-state index in [1.165, 1.54) is 6.42 Å². The molecule has 0 bridgehead atoms. The minimum atomic E-state index is -0.849. The summed E-state index contributed by atoms with van der Waals surface area (Å²) in [6.07, 6.45) is 5.40. The van der Waals surface area contributed by atoms with Gasteiger partial charge in [-0.2, -0.15) is 0 Å². The number of carbonyl (C=O) groups is 3. The van der Waals surface area contributed by atoms with E-state index in [1.54, 1.807) is 24.3 Å². The number of fused-ring (bicyclic) bond motifs is 1. The topological polar surface area (TPSA) is 87.3 Å². The van der Waals surface area contributed by atoms with Crippen LogP contribution in [0, 0.1) is 0 Å². The van der Waals surface area contributed by atoms with E-state index in [0.29, 0.717) is 11.3 Å². The summed E-state index contributed by atoms with van der Waals surface area (Å²) < 4.78 is 0. The molecule has 1 aromatic rings. The van der Waals surface area contributed by atoms with Crippen LogP contribution in [-0.2, 0) is 9.59 Å². The Morgan fingerprint density at radius 2 is 1.87 bits per heavy atom. The lowest BCUT2D eigenvalue weighted by Crippen LogP contribution is -2.46. The molecule has 0 aromatic heterocycles. The number of carbonyl (C=O) groups excluding carboxylic acids is 3. The van der Waals surface area contributed by atoms with Crippen LogP contribution in [0.5, 0.6) is 0 Å². The molecule has 3 N–H and O–H groups in total. The van der Waals surface area contributed by atoms with Crippen molar-refractivity contribution in [1.29, 1.82) is 0 Å². The molecule has 0 radical (unpaired) electrons. The standard InChI is InChI=1S/C17H21N3O3/c21-15(18-11-6-2-1-3-7-11)10-14-17(23)19-13-9-5-4-8-12(13)16(22)20-14/h4-5,8-9,11,14H,1-3,6-7,10H2,(H,18,21)(H,19,23)(H,20,22). The highest BCUT2D eigenvalue weighted by Gasteiger charge is 2.30. The van der Waals surface area contributed by atoms with Gasteiger partial charge in [-0.1, -0.05) is 31.4 Å². The Morgan fingerprint density at radius 3 is 2.65 bits per heavy atom. The molecule has 1 aliphatic carbocycles. The second-order valence-corrected chi connectivity index (χ2v) is 6.17. The third kappa shape index (κ3) is 3.70. The molecule has 2 aliphatic rings. The first-order chi connectivity index (χ1) is 11.1. The Hall–Kier alpha value is -2.37. The van der Waals surface area contributed by atoms with E-state index >= 15 is 0 Å². The van der Waals surface area contributed by atoms with Crippen molar-refractivity contribution in [2.24, 2.45) is 0 Å². The number of hydrogen-bond acceptors (Lipinski definition) is 3. The number of hydrogen-bond donors (Lipinski definition) is 3. The Balaban J connectivity index is 1.63. The lowest BCUT2D eigenvalue weighted by Gasteiger charge is -2.23. The number of nitrogens with one attached hydrogen (secondary N) is 3. The smallest absolute Gasteiger partial charge is 0.254 e. The molecular weight excluding hydrogens is 294 g/mol. The van der Waals surface area contributed by atoms with Crippen molar-refractivity contribution >= 4 is 23.4 Å². The average Bonchev–Trinajstić information content (AvgIpc) is 2.66. The molecule has 6 nitrogen and oxygen atoms in total. The fourth-order valence-corrected chi connectivity index (χ4v) is 3.17. The maximum absolute atomic E-state index is 12.2. The summed E-state index contributed by atoms with van der Waals surface area (Å²) in [6, 6.07) is 6.16. The second-order valence-electron chi connectivity index (χ2n) is 6.17. The van der Waals surface area contributed by atoms with E-state index in [9.17, 15) is 14.4 Å². The van der Waals surface area contributed by atoms with Gasteiger partial charge in [-0.05, 0) is 25.0 Å². The first kappa shape index (κ1) is 15.5. The molecule has 0 saturated heterocycles. The number of rotatable bonds is 3. The van der Waals surface area contributed by atoms with Crippen LogP contribution in [0.4, 0.5) is 5.69 Å². The van der Waals surface area contributed by atoms with Crippen LogP contribution >= 0.6 is 0 Å². The first-order valence-electron chi connectivity index (χ1n) is 8.13. The van der Waals surface area contributed by atoms with E-state index in [1.807, 2.05) is 0 Å². The quantitative estimate of drug-likeness (QED) is 0.791. The first-order valence-corrected chi connectivity index (χ1v) is 8.13. The predicted octanol–water partition coefficient (Wildman–Crippen LogP) is 1.58. The Labute approximate surface area is 135 Å². The molecule has 1 atom stereocenters. The van der Waals surface area contributed by atoms with Crippen LogP contribution in [0.2, 0.25) is 0 Å². The zero-order chi connectivity index (χ0) is 16.2. The molecule has 0 spiro atoms. The van der Waals surface area contributed by atoms with Gasteiger partial charge >= 0.3 is 0 Å². The average molecular weight is 315 g/mol. The van der Waals surface area contributed by atoms with Gasteiger partial charge in [-0.3, -0.25) is 14.4 Å². The molecule has 1 saturated carbocycles.